The highest BCUT2D eigenvalue weighted by Gasteiger charge is 2.25. The van der Waals surface area contributed by atoms with Crippen LogP contribution in [0.2, 0.25) is 0 Å². The molecule has 0 unspecified atom stereocenters. The molecule has 0 heterocycles. The second kappa shape index (κ2) is 7.60. The lowest BCUT2D eigenvalue weighted by Crippen LogP contribution is -2.48. The summed E-state index contributed by atoms with van der Waals surface area (Å²) in [7, 11) is 0. The van der Waals surface area contributed by atoms with Crippen LogP contribution in [0, 0.1) is 17.2 Å². The van der Waals surface area contributed by atoms with Crippen molar-refractivity contribution in [2.45, 2.75) is 44.6 Å². The lowest BCUT2D eigenvalue weighted by atomic mass is 9.88. The van der Waals surface area contributed by atoms with Crippen molar-refractivity contribution < 1.29 is 9.59 Å². The van der Waals surface area contributed by atoms with E-state index in [2.05, 4.69) is 5.32 Å². The van der Waals surface area contributed by atoms with E-state index in [1.807, 2.05) is 6.07 Å². The molecule has 1 aliphatic rings. The van der Waals surface area contributed by atoms with Gasteiger partial charge in [0, 0.05) is 12.3 Å². The molecular weight excluding hydrogens is 278 g/mol. The van der Waals surface area contributed by atoms with Crippen molar-refractivity contribution in [2.75, 3.05) is 0 Å². The Kier molecular flexibility index (Phi) is 5.54. The van der Waals surface area contributed by atoms with E-state index < -0.39 is 11.9 Å². The molecule has 1 aliphatic carbocycles. The van der Waals surface area contributed by atoms with Gasteiger partial charge in [0.2, 0.25) is 11.8 Å². The molecule has 2 rings (SSSR count). The first-order chi connectivity index (χ1) is 10.6. The molecule has 1 aromatic rings. The van der Waals surface area contributed by atoms with Crippen molar-refractivity contribution in [3.63, 3.8) is 0 Å². The number of nitrogens with two attached hydrogens (primary N) is 1. The summed E-state index contributed by atoms with van der Waals surface area (Å²) < 4.78 is 0. The van der Waals surface area contributed by atoms with Crippen LogP contribution >= 0.6 is 0 Å². The summed E-state index contributed by atoms with van der Waals surface area (Å²) in [6, 6.07) is 8.28. The predicted molar refractivity (Wildman–Crippen MR) is 82.6 cm³/mol. The lowest BCUT2D eigenvalue weighted by Gasteiger charge is -2.23. The third-order valence-corrected chi connectivity index (χ3v) is 4.16. The molecule has 22 heavy (non-hydrogen) atoms. The number of primary amides is 1. The second-order valence-corrected chi connectivity index (χ2v) is 5.81. The molecule has 1 atom stereocenters. The smallest absolute Gasteiger partial charge is 0.240 e. The van der Waals surface area contributed by atoms with Gasteiger partial charge >= 0.3 is 0 Å². The maximum atomic E-state index is 12.2. The molecule has 3 N–H and O–H groups in total. The summed E-state index contributed by atoms with van der Waals surface area (Å²) in [5.41, 5.74) is 6.84. The van der Waals surface area contributed by atoms with Crippen molar-refractivity contribution in [3.05, 3.63) is 35.4 Å². The second-order valence-electron chi connectivity index (χ2n) is 5.81. The van der Waals surface area contributed by atoms with Crippen molar-refractivity contribution in [3.8, 4) is 6.07 Å². The zero-order valence-electron chi connectivity index (χ0n) is 12.5. The highest BCUT2D eigenvalue weighted by atomic mass is 16.2. The van der Waals surface area contributed by atoms with Crippen molar-refractivity contribution in [1.82, 2.24) is 5.32 Å². The first-order valence-electron chi connectivity index (χ1n) is 7.69. The largest absolute Gasteiger partial charge is 0.368 e. The predicted octanol–water partition coefficient (Wildman–Crippen LogP) is 1.65. The van der Waals surface area contributed by atoms with Gasteiger partial charge in [-0.3, -0.25) is 9.59 Å². The Morgan fingerprint density at radius 1 is 1.23 bits per heavy atom. The van der Waals surface area contributed by atoms with Crippen LogP contribution in [-0.4, -0.2) is 17.9 Å². The summed E-state index contributed by atoms with van der Waals surface area (Å²) >= 11 is 0. The number of rotatable bonds is 5. The van der Waals surface area contributed by atoms with Gasteiger partial charge in [0.15, 0.2) is 0 Å². The van der Waals surface area contributed by atoms with E-state index in [0.717, 1.165) is 31.2 Å². The summed E-state index contributed by atoms with van der Waals surface area (Å²) in [6.07, 6.45) is 5.42. The average molecular weight is 299 g/mol. The quantitative estimate of drug-likeness (QED) is 0.865. The highest BCUT2D eigenvalue weighted by Crippen LogP contribution is 2.23. The monoisotopic (exact) mass is 299 g/mol. The van der Waals surface area contributed by atoms with Crippen LogP contribution in [0.5, 0.6) is 0 Å². The van der Waals surface area contributed by atoms with Crippen molar-refractivity contribution in [2.24, 2.45) is 11.7 Å². The van der Waals surface area contributed by atoms with Crippen LogP contribution in [0.25, 0.3) is 0 Å². The van der Waals surface area contributed by atoms with Crippen LogP contribution in [0.1, 0.15) is 43.2 Å². The fourth-order valence-electron chi connectivity index (χ4n) is 2.83. The van der Waals surface area contributed by atoms with Gasteiger partial charge in [-0.15, -0.1) is 0 Å². The van der Waals surface area contributed by atoms with E-state index in [1.165, 1.54) is 6.42 Å². The van der Waals surface area contributed by atoms with Gasteiger partial charge in [0.05, 0.1) is 11.6 Å². The van der Waals surface area contributed by atoms with E-state index >= 15 is 0 Å². The van der Waals surface area contributed by atoms with E-state index in [0.29, 0.717) is 12.0 Å². The van der Waals surface area contributed by atoms with E-state index in [-0.39, 0.29) is 11.8 Å². The topological polar surface area (TPSA) is 96.0 Å². The van der Waals surface area contributed by atoms with Crippen molar-refractivity contribution in [1.29, 1.82) is 5.26 Å². The van der Waals surface area contributed by atoms with Crippen LogP contribution in [0.15, 0.2) is 24.3 Å². The maximum absolute atomic E-state index is 12.2. The third-order valence-electron chi connectivity index (χ3n) is 4.16. The van der Waals surface area contributed by atoms with Gasteiger partial charge in [0.25, 0.3) is 0 Å². The van der Waals surface area contributed by atoms with E-state index in [4.69, 9.17) is 11.0 Å². The van der Waals surface area contributed by atoms with E-state index in [1.54, 1.807) is 24.3 Å². The zero-order chi connectivity index (χ0) is 15.9. The van der Waals surface area contributed by atoms with Crippen LogP contribution in [0.3, 0.4) is 0 Å². The number of nitriles is 1. The number of nitrogens with one attached hydrogen (secondary N) is 1. The van der Waals surface area contributed by atoms with Crippen LogP contribution in [-0.2, 0) is 16.0 Å². The number of hydrogen-bond donors (Lipinski definition) is 2. The fourth-order valence-corrected chi connectivity index (χ4v) is 2.83. The Hall–Kier alpha value is -2.35. The number of carbonyl (C=O) groups excluding carboxylic acids is 2. The molecule has 0 aromatic heterocycles. The fraction of sp³-hybridized carbons (Fsp3) is 0.471. The van der Waals surface area contributed by atoms with Crippen molar-refractivity contribution >= 4 is 11.8 Å². The standard InChI is InChI=1S/C17H21N3O2/c18-11-13-8-6-12(7-9-13)10-15(16(19)21)20-17(22)14-4-2-1-3-5-14/h6-9,14-15H,1-5,10H2,(H2,19,21)(H,20,22)/t15-/m0/s1. The van der Waals surface area contributed by atoms with Gasteiger partial charge in [0.1, 0.15) is 6.04 Å². The Bertz CT molecular complexity index is 569. The molecule has 5 heteroatoms. The van der Waals surface area contributed by atoms with Gasteiger partial charge in [-0.1, -0.05) is 31.4 Å². The summed E-state index contributed by atoms with van der Waals surface area (Å²) in [5, 5.41) is 11.6. The van der Waals surface area contributed by atoms with Gasteiger partial charge in [-0.25, -0.2) is 0 Å². The molecule has 0 radical (unpaired) electrons. The molecule has 5 nitrogen and oxygen atoms in total. The molecule has 2 amide bonds. The van der Waals surface area contributed by atoms with E-state index in [9.17, 15) is 9.59 Å². The Labute approximate surface area is 130 Å². The molecule has 0 saturated heterocycles. The number of hydrogen-bond acceptors (Lipinski definition) is 3. The molecule has 1 aromatic carbocycles. The van der Waals surface area contributed by atoms with Crippen LogP contribution < -0.4 is 11.1 Å². The third kappa shape index (κ3) is 4.32. The molecule has 0 spiro atoms. The summed E-state index contributed by atoms with van der Waals surface area (Å²) in [5.74, 6) is -0.609. The maximum Gasteiger partial charge on any atom is 0.240 e. The number of benzene rings is 1. The molecule has 116 valence electrons. The number of amides is 2. The van der Waals surface area contributed by atoms with Crippen LogP contribution in [0.4, 0.5) is 0 Å². The lowest BCUT2D eigenvalue weighted by molar-refractivity contribution is -0.130. The summed E-state index contributed by atoms with van der Waals surface area (Å²) in [4.78, 5) is 23.8. The Morgan fingerprint density at radius 3 is 2.41 bits per heavy atom. The highest BCUT2D eigenvalue weighted by molar-refractivity contribution is 5.87. The minimum absolute atomic E-state index is 0.00318. The van der Waals surface area contributed by atoms with Gasteiger partial charge in [-0.05, 0) is 30.5 Å². The van der Waals surface area contributed by atoms with Gasteiger partial charge < -0.3 is 11.1 Å². The number of nitrogens with zero attached hydrogens (tertiary/aromatic N) is 1. The zero-order valence-corrected chi connectivity index (χ0v) is 12.5. The molecule has 1 saturated carbocycles. The Balaban J connectivity index is 1.98. The minimum atomic E-state index is -0.706. The summed E-state index contributed by atoms with van der Waals surface area (Å²) in [6.45, 7) is 0. The first-order valence-corrected chi connectivity index (χ1v) is 7.69. The Morgan fingerprint density at radius 2 is 1.86 bits per heavy atom. The van der Waals surface area contributed by atoms with Gasteiger partial charge in [-0.2, -0.15) is 5.26 Å². The SMILES string of the molecule is N#Cc1ccc(C[C@H](NC(=O)C2CCCCC2)C(N)=O)cc1. The molecular formula is C17H21N3O2. The first kappa shape index (κ1) is 16.0. The molecule has 0 bridgehead atoms. The molecule has 1 fully saturated rings. The normalized spacial score (nSPS) is 16.5. The molecule has 0 aliphatic heterocycles. The average Bonchev–Trinajstić information content (AvgIpc) is 2.55. The minimum Gasteiger partial charge on any atom is -0.368 e. The number of carbonyl (C=O) groups is 2.